The molecule has 2 aromatic rings. The number of nitro groups is 1. The summed E-state index contributed by atoms with van der Waals surface area (Å²) in [5, 5.41) is 11.3. The molecule has 0 fully saturated rings. The molecule has 0 bridgehead atoms. The van der Waals surface area contributed by atoms with Crippen molar-refractivity contribution in [3.63, 3.8) is 0 Å². The minimum absolute atomic E-state index is 0.0848. The minimum atomic E-state index is -1.02. The summed E-state index contributed by atoms with van der Waals surface area (Å²) in [7, 11) is 0. The molecule has 0 amide bonds. The molecule has 0 aliphatic carbocycles. The molecule has 1 aromatic carbocycles. The Morgan fingerprint density at radius 2 is 2.11 bits per heavy atom. The quantitative estimate of drug-likeness (QED) is 0.209. The summed E-state index contributed by atoms with van der Waals surface area (Å²) in [6.07, 6.45) is 1.97. The third-order valence-electron chi connectivity index (χ3n) is 4.01. The van der Waals surface area contributed by atoms with E-state index in [1.807, 2.05) is 18.2 Å². The summed E-state index contributed by atoms with van der Waals surface area (Å²) in [6, 6.07) is 10.3. The molecule has 2 unspecified atom stereocenters. The molecule has 1 heterocycles. The summed E-state index contributed by atoms with van der Waals surface area (Å²) in [6.45, 7) is 1.53. The van der Waals surface area contributed by atoms with Crippen molar-refractivity contribution in [2.24, 2.45) is 5.92 Å². The van der Waals surface area contributed by atoms with Crippen molar-refractivity contribution in [3.05, 3.63) is 69.5 Å². The molecule has 0 aliphatic heterocycles. The van der Waals surface area contributed by atoms with Crippen LogP contribution in [0.1, 0.15) is 29.8 Å². The van der Waals surface area contributed by atoms with E-state index in [1.54, 1.807) is 18.3 Å². The minimum Gasteiger partial charge on any atom is -0.446 e. The fraction of sp³-hybridized carbons (Fsp3) is 0.278. The average molecular weight is 425 g/mol. The fourth-order valence-corrected chi connectivity index (χ4v) is 3.21. The summed E-state index contributed by atoms with van der Waals surface area (Å²) in [4.78, 5) is 26.1. The van der Waals surface area contributed by atoms with Crippen molar-refractivity contribution in [1.29, 1.82) is 0 Å². The number of thiocarbonyl (C=S) groups is 1. The monoisotopic (exact) mass is 424 g/mol. The fourth-order valence-electron chi connectivity index (χ4n) is 2.73. The number of aromatic nitrogens is 1. The second-order valence-electron chi connectivity index (χ2n) is 5.91. The van der Waals surface area contributed by atoms with E-state index >= 15 is 0 Å². The zero-order valence-electron chi connectivity index (χ0n) is 14.4. The van der Waals surface area contributed by atoms with Crippen LogP contribution in [0.3, 0.4) is 0 Å². The van der Waals surface area contributed by atoms with E-state index in [0.29, 0.717) is 17.0 Å². The van der Waals surface area contributed by atoms with Crippen LogP contribution in [0.15, 0.2) is 42.6 Å². The number of rotatable bonds is 8. The third-order valence-corrected chi connectivity index (χ3v) is 4.80. The number of benzene rings is 1. The maximum atomic E-state index is 11.3. The van der Waals surface area contributed by atoms with Gasteiger partial charge in [-0.3, -0.25) is 15.1 Å². The van der Waals surface area contributed by atoms with Gasteiger partial charge in [0, 0.05) is 39.7 Å². The van der Waals surface area contributed by atoms with Gasteiger partial charge in [-0.25, -0.2) is 4.79 Å². The molecule has 6 nitrogen and oxygen atoms in total. The van der Waals surface area contributed by atoms with Crippen LogP contribution in [0.5, 0.6) is 0 Å². The Morgan fingerprint density at radius 1 is 1.37 bits per heavy atom. The number of carbonyl (C=O) groups is 1. The van der Waals surface area contributed by atoms with Gasteiger partial charge in [0.1, 0.15) is 6.10 Å². The first-order valence-corrected chi connectivity index (χ1v) is 9.27. The zero-order valence-corrected chi connectivity index (χ0v) is 16.8. The molecule has 0 saturated heterocycles. The van der Waals surface area contributed by atoms with Crippen LogP contribution in [0.2, 0.25) is 0 Å². The maximum absolute atomic E-state index is 11.3. The van der Waals surface area contributed by atoms with Gasteiger partial charge in [0.2, 0.25) is 0 Å². The lowest BCUT2D eigenvalue weighted by Gasteiger charge is -2.17. The van der Waals surface area contributed by atoms with Crippen molar-refractivity contribution in [2.45, 2.75) is 25.9 Å². The van der Waals surface area contributed by atoms with Crippen molar-refractivity contribution in [2.75, 3.05) is 0 Å². The number of pyridine rings is 1. The number of nitro benzene ring substituents is 1. The molecule has 142 valence electrons. The summed E-state index contributed by atoms with van der Waals surface area (Å²) in [5.74, 6) is -0.0848. The lowest BCUT2D eigenvalue weighted by molar-refractivity contribution is -0.386. The molecule has 0 saturated carbocycles. The first kappa shape index (κ1) is 21.3. The molecule has 27 heavy (non-hydrogen) atoms. The summed E-state index contributed by atoms with van der Waals surface area (Å²) >= 11 is 14.8. The molecule has 0 N–H and O–H groups in total. The normalized spacial score (nSPS) is 12.9. The van der Waals surface area contributed by atoms with Crippen molar-refractivity contribution in [1.82, 2.24) is 4.98 Å². The summed E-state index contributed by atoms with van der Waals surface area (Å²) < 4.78 is 5.43. The largest absolute Gasteiger partial charge is 0.446 e. The smallest absolute Gasteiger partial charge is 0.404 e. The summed E-state index contributed by atoms with van der Waals surface area (Å²) in [5.41, 5.74) is 0.801. The number of halogens is 1. The predicted octanol–water partition coefficient (Wildman–Crippen LogP) is 5.08. The number of ether oxygens (including phenoxy) is 1. The van der Waals surface area contributed by atoms with E-state index in [-0.39, 0.29) is 17.2 Å². The standard InChI is InChI=1S/C18H17ClN2O4S2/c1-11(25-18(19)22)15-9-12(5-6-16(15)21(23)24)8-13(17(26)27)10-14-4-2-3-7-20-14/h2-7,9,11,13H,8,10H2,1H3,(H,26,27). The van der Waals surface area contributed by atoms with E-state index in [4.69, 9.17) is 28.6 Å². The van der Waals surface area contributed by atoms with Gasteiger partial charge in [-0.05, 0) is 43.5 Å². The Balaban J connectivity index is 2.29. The van der Waals surface area contributed by atoms with Crippen molar-refractivity contribution >= 4 is 51.8 Å². The second kappa shape index (κ2) is 9.77. The maximum Gasteiger partial charge on any atom is 0.404 e. The van der Waals surface area contributed by atoms with Crippen molar-refractivity contribution in [3.8, 4) is 0 Å². The Kier molecular flexibility index (Phi) is 7.70. The lowest BCUT2D eigenvalue weighted by atomic mass is 9.93. The molecule has 0 radical (unpaired) electrons. The van der Waals surface area contributed by atoms with E-state index in [0.717, 1.165) is 11.3 Å². The Bertz CT molecular complexity index is 849. The van der Waals surface area contributed by atoms with Crippen LogP contribution in [0.4, 0.5) is 10.5 Å². The second-order valence-corrected chi connectivity index (χ2v) is 7.45. The number of hydrogen-bond acceptors (Lipinski definition) is 6. The van der Waals surface area contributed by atoms with E-state index in [1.165, 1.54) is 13.0 Å². The average Bonchev–Trinajstić information content (AvgIpc) is 2.61. The van der Waals surface area contributed by atoms with Gasteiger partial charge in [0.05, 0.1) is 10.5 Å². The van der Waals surface area contributed by atoms with Crippen LogP contribution < -0.4 is 0 Å². The van der Waals surface area contributed by atoms with Gasteiger partial charge < -0.3 is 4.74 Å². The van der Waals surface area contributed by atoms with E-state index in [2.05, 4.69) is 17.6 Å². The molecule has 1 aromatic heterocycles. The molecule has 0 spiro atoms. The molecular weight excluding hydrogens is 408 g/mol. The van der Waals surface area contributed by atoms with Crippen LogP contribution in [-0.4, -0.2) is 19.5 Å². The third kappa shape index (κ3) is 6.27. The topological polar surface area (TPSA) is 82.3 Å². The molecular formula is C18H17ClN2O4S2. The van der Waals surface area contributed by atoms with Gasteiger partial charge in [-0.2, -0.15) is 0 Å². The number of hydrogen-bond donors (Lipinski definition) is 1. The van der Waals surface area contributed by atoms with E-state index in [9.17, 15) is 14.9 Å². The highest BCUT2D eigenvalue weighted by Crippen LogP contribution is 2.30. The Morgan fingerprint density at radius 3 is 2.67 bits per heavy atom. The Hall–Kier alpha value is -2.03. The number of thiol groups is 1. The predicted molar refractivity (Wildman–Crippen MR) is 111 cm³/mol. The number of nitrogens with zero attached hydrogens (tertiary/aromatic N) is 2. The van der Waals surface area contributed by atoms with Crippen LogP contribution in [0, 0.1) is 16.0 Å². The molecule has 2 rings (SSSR count). The van der Waals surface area contributed by atoms with Crippen LogP contribution >= 0.6 is 36.4 Å². The van der Waals surface area contributed by atoms with Gasteiger partial charge in [-0.1, -0.05) is 24.4 Å². The first-order chi connectivity index (χ1) is 12.8. The molecule has 0 aliphatic rings. The number of carbonyl (C=O) groups excluding carboxylic acids is 1. The molecule has 9 heteroatoms. The van der Waals surface area contributed by atoms with Crippen LogP contribution in [0.25, 0.3) is 0 Å². The van der Waals surface area contributed by atoms with Gasteiger partial charge in [0.15, 0.2) is 0 Å². The van der Waals surface area contributed by atoms with Crippen LogP contribution in [-0.2, 0) is 17.6 Å². The van der Waals surface area contributed by atoms with Gasteiger partial charge in [0.25, 0.3) is 5.69 Å². The highest BCUT2D eigenvalue weighted by molar-refractivity contribution is 8.11. The highest BCUT2D eigenvalue weighted by Gasteiger charge is 2.23. The lowest BCUT2D eigenvalue weighted by Crippen LogP contribution is -2.15. The SMILES string of the molecule is CC(OC(=O)Cl)c1cc(CC(Cc2ccccn2)C(=S)S)ccc1[N+](=O)[O-]. The van der Waals surface area contributed by atoms with E-state index < -0.39 is 16.5 Å². The highest BCUT2D eigenvalue weighted by atomic mass is 35.5. The van der Waals surface area contributed by atoms with Gasteiger partial charge in [-0.15, -0.1) is 12.6 Å². The molecule has 2 atom stereocenters. The zero-order chi connectivity index (χ0) is 20.0. The van der Waals surface area contributed by atoms with Crippen molar-refractivity contribution < 1.29 is 14.5 Å². The van der Waals surface area contributed by atoms with Gasteiger partial charge >= 0.3 is 5.43 Å². The Labute approximate surface area is 172 Å². The first-order valence-electron chi connectivity index (χ1n) is 8.04.